The highest BCUT2D eigenvalue weighted by molar-refractivity contribution is 6.35. The molecule has 12 heteroatoms. The molecule has 0 bridgehead atoms. The highest BCUT2D eigenvalue weighted by atomic mass is 35.5. The molecule has 1 atom stereocenters. The van der Waals surface area contributed by atoms with E-state index in [1.807, 2.05) is 0 Å². The fourth-order valence-electron chi connectivity index (χ4n) is 3.05. The first kappa shape index (κ1) is 23.2. The van der Waals surface area contributed by atoms with Crippen molar-refractivity contribution in [1.82, 2.24) is 4.90 Å². The predicted molar refractivity (Wildman–Crippen MR) is 114 cm³/mol. The minimum Gasteiger partial charge on any atom is -0.452 e. The lowest BCUT2D eigenvalue weighted by molar-refractivity contribution is -0.385. The molecular formula is C20H15Cl2N3O7. The summed E-state index contributed by atoms with van der Waals surface area (Å²) >= 11 is 11.7. The summed E-state index contributed by atoms with van der Waals surface area (Å²) in [5.41, 5.74) is -0.602. The molecule has 2 aromatic rings. The van der Waals surface area contributed by atoms with Crippen molar-refractivity contribution >= 4 is 58.3 Å². The first-order valence-electron chi connectivity index (χ1n) is 9.18. The predicted octanol–water partition coefficient (Wildman–Crippen LogP) is 3.46. The molecule has 0 saturated heterocycles. The van der Waals surface area contributed by atoms with Crippen molar-refractivity contribution in [2.45, 2.75) is 19.4 Å². The molecular weight excluding hydrogens is 465 g/mol. The normalized spacial score (nSPS) is 13.5. The fourth-order valence-corrected chi connectivity index (χ4v) is 3.58. The third-order valence-corrected chi connectivity index (χ3v) is 4.96. The number of imide groups is 1. The fraction of sp³-hybridized carbons (Fsp3) is 0.200. The monoisotopic (exact) mass is 479 g/mol. The van der Waals surface area contributed by atoms with Gasteiger partial charge in [0.1, 0.15) is 5.56 Å². The average molecular weight is 480 g/mol. The first-order valence-corrected chi connectivity index (χ1v) is 9.94. The van der Waals surface area contributed by atoms with E-state index in [1.54, 1.807) is 0 Å². The van der Waals surface area contributed by atoms with Crippen LogP contribution < -0.4 is 5.32 Å². The zero-order chi connectivity index (χ0) is 23.6. The number of ether oxygens (including phenoxy) is 1. The maximum absolute atomic E-state index is 12.5. The zero-order valence-electron chi connectivity index (χ0n) is 16.5. The number of esters is 1. The van der Waals surface area contributed by atoms with E-state index in [4.69, 9.17) is 27.9 Å². The van der Waals surface area contributed by atoms with E-state index >= 15 is 0 Å². The summed E-state index contributed by atoms with van der Waals surface area (Å²) in [6.07, 6.45) is -1.59. The van der Waals surface area contributed by atoms with Crippen LogP contribution in [0.2, 0.25) is 10.0 Å². The van der Waals surface area contributed by atoms with Gasteiger partial charge in [0.15, 0.2) is 6.10 Å². The average Bonchev–Trinajstić information content (AvgIpc) is 2.95. The molecule has 3 amide bonds. The summed E-state index contributed by atoms with van der Waals surface area (Å²) in [6.45, 7) is 0.978. The highest BCUT2D eigenvalue weighted by Gasteiger charge is 2.40. The van der Waals surface area contributed by atoms with Crippen LogP contribution in [-0.2, 0) is 14.3 Å². The maximum Gasteiger partial charge on any atom is 0.308 e. The number of anilines is 1. The number of benzene rings is 2. The zero-order valence-corrected chi connectivity index (χ0v) is 18.0. The van der Waals surface area contributed by atoms with Crippen LogP contribution in [-0.4, -0.2) is 46.2 Å². The Kier molecular flexibility index (Phi) is 6.75. The van der Waals surface area contributed by atoms with Gasteiger partial charge in [0, 0.05) is 28.3 Å². The van der Waals surface area contributed by atoms with Crippen LogP contribution in [0.25, 0.3) is 0 Å². The van der Waals surface area contributed by atoms with Gasteiger partial charge in [0.05, 0.1) is 16.9 Å². The van der Waals surface area contributed by atoms with E-state index < -0.39 is 46.8 Å². The minimum atomic E-state index is -1.19. The number of hydrogen-bond acceptors (Lipinski definition) is 7. The standard InChI is InChI=1S/C20H15Cl2N3O7/c1-10(18(27)23-13-8-11(21)7-12(22)9-13)32-16(26)5-6-24-19(28)14-3-2-4-15(25(30)31)17(14)20(24)29/h2-4,7-10H,5-6H2,1H3,(H,23,27)/t10-/m0/s1. The smallest absolute Gasteiger partial charge is 0.308 e. The third-order valence-electron chi connectivity index (χ3n) is 4.52. The van der Waals surface area contributed by atoms with Gasteiger partial charge in [-0.2, -0.15) is 0 Å². The van der Waals surface area contributed by atoms with Gasteiger partial charge < -0.3 is 10.1 Å². The summed E-state index contributed by atoms with van der Waals surface area (Å²) in [5.74, 6) is -3.10. The number of amides is 3. The molecule has 2 aromatic carbocycles. The van der Waals surface area contributed by atoms with Crippen LogP contribution >= 0.6 is 23.2 Å². The Morgan fingerprint density at radius 2 is 1.81 bits per heavy atom. The number of nitro groups is 1. The number of nitro benzene ring substituents is 1. The van der Waals surface area contributed by atoms with Crippen molar-refractivity contribution in [2.75, 3.05) is 11.9 Å². The van der Waals surface area contributed by atoms with Crippen molar-refractivity contribution in [3.63, 3.8) is 0 Å². The Morgan fingerprint density at radius 1 is 1.16 bits per heavy atom. The lowest BCUT2D eigenvalue weighted by Crippen LogP contribution is -2.34. The van der Waals surface area contributed by atoms with Crippen molar-refractivity contribution < 1.29 is 28.8 Å². The molecule has 0 saturated carbocycles. The van der Waals surface area contributed by atoms with Crippen molar-refractivity contribution in [1.29, 1.82) is 0 Å². The van der Waals surface area contributed by atoms with Gasteiger partial charge in [0.25, 0.3) is 23.4 Å². The Hall–Kier alpha value is -3.50. The molecule has 0 aromatic heterocycles. The van der Waals surface area contributed by atoms with Crippen LogP contribution in [0.3, 0.4) is 0 Å². The minimum absolute atomic E-state index is 0.106. The number of hydrogen-bond donors (Lipinski definition) is 1. The summed E-state index contributed by atoms with van der Waals surface area (Å²) < 4.78 is 5.04. The van der Waals surface area contributed by atoms with Gasteiger partial charge in [-0.1, -0.05) is 29.3 Å². The number of rotatable bonds is 7. The van der Waals surface area contributed by atoms with Crippen molar-refractivity contribution in [2.24, 2.45) is 0 Å². The van der Waals surface area contributed by atoms with Crippen LogP contribution in [0, 0.1) is 10.1 Å². The topological polar surface area (TPSA) is 136 Å². The molecule has 0 fully saturated rings. The second-order valence-corrected chi connectivity index (χ2v) is 7.62. The lowest BCUT2D eigenvalue weighted by Gasteiger charge is -2.16. The largest absolute Gasteiger partial charge is 0.452 e. The Morgan fingerprint density at radius 3 is 2.44 bits per heavy atom. The molecule has 1 aliphatic heterocycles. The molecule has 1 aliphatic rings. The van der Waals surface area contributed by atoms with Crippen LogP contribution in [0.1, 0.15) is 34.1 Å². The maximum atomic E-state index is 12.5. The molecule has 166 valence electrons. The quantitative estimate of drug-likeness (QED) is 0.277. The summed E-state index contributed by atoms with van der Waals surface area (Å²) in [5, 5.41) is 14.2. The van der Waals surface area contributed by atoms with Gasteiger partial charge in [-0.3, -0.25) is 34.2 Å². The van der Waals surface area contributed by atoms with Gasteiger partial charge in [-0.25, -0.2) is 0 Å². The Labute approximate surface area is 191 Å². The molecule has 1 N–H and O–H groups in total. The van der Waals surface area contributed by atoms with Crippen molar-refractivity contribution in [3.05, 3.63) is 67.7 Å². The molecule has 0 radical (unpaired) electrons. The Bertz CT molecular complexity index is 1130. The van der Waals surface area contributed by atoms with Gasteiger partial charge >= 0.3 is 5.97 Å². The number of nitrogens with zero attached hydrogens (tertiary/aromatic N) is 2. The van der Waals surface area contributed by atoms with Crippen molar-refractivity contribution in [3.8, 4) is 0 Å². The first-order chi connectivity index (χ1) is 15.1. The van der Waals surface area contributed by atoms with Crippen LogP contribution in [0.5, 0.6) is 0 Å². The third kappa shape index (κ3) is 4.87. The van der Waals surface area contributed by atoms with Crippen LogP contribution in [0.4, 0.5) is 11.4 Å². The van der Waals surface area contributed by atoms with E-state index in [0.717, 1.165) is 11.0 Å². The summed E-state index contributed by atoms with van der Waals surface area (Å²) in [7, 11) is 0. The molecule has 1 heterocycles. The molecule has 3 rings (SSSR count). The van der Waals surface area contributed by atoms with Gasteiger partial charge in [-0.05, 0) is 31.2 Å². The number of carbonyl (C=O) groups is 4. The second kappa shape index (κ2) is 9.33. The van der Waals surface area contributed by atoms with Gasteiger partial charge in [-0.15, -0.1) is 0 Å². The second-order valence-electron chi connectivity index (χ2n) is 6.75. The molecule has 0 spiro atoms. The summed E-state index contributed by atoms with van der Waals surface area (Å²) in [6, 6.07) is 8.12. The number of nitrogens with one attached hydrogen (secondary N) is 1. The lowest BCUT2D eigenvalue weighted by atomic mass is 10.1. The summed E-state index contributed by atoms with van der Waals surface area (Å²) in [4.78, 5) is 60.4. The number of carbonyl (C=O) groups excluding carboxylic acids is 4. The number of fused-ring (bicyclic) bond motifs is 1. The van der Waals surface area contributed by atoms with E-state index in [0.29, 0.717) is 15.7 Å². The SMILES string of the molecule is C[C@H](OC(=O)CCN1C(=O)c2cccc([N+](=O)[O-])c2C1=O)C(=O)Nc1cc(Cl)cc(Cl)c1. The van der Waals surface area contributed by atoms with Crippen LogP contribution in [0.15, 0.2) is 36.4 Å². The van der Waals surface area contributed by atoms with E-state index in [9.17, 15) is 29.3 Å². The highest BCUT2D eigenvalue weighted by Crippen LogP contribution is 2.30. The molecule has 32 heavy (non-hydrogen) atoms. The molecule has 0 unspecified atom stereocenters. The number of halogens is 2. The molecule has 0 aliphatic carbocycles. The molecule has 10 nitrogen and oxygen atoms in total. The van der Waals surface area contributed by atoms with E-state index in [2.05, 4.69) is 5.32 Å². The van der Waals surface area contributed by atoms with Gasteiger partial charge in [0.2, 0.25) is 0 Å². The van der Waals surface area contributed by atoms with E-state index in [1.165, 1.54) is 37.3 Å². The Balaban J connectivity index is 1.58. The van der Waals surface area contributed by atoms with E-state index in [-0.39, 0.29) is 17.7 Å².